The minimum atomic E-state index is 0.293. The molecule has 0 saturated carbocycles. The molecule has 1 rings (SSSR count). The topological polar surface area (TPSA) is 18.5 Å². The Morgan fingerprint density at radius 2 is 2.42 bits per heavy atom. The lowest BCUT2D eigenvalue weighted by Gasteiger charge is -2.26. The lowest BCUT2D eigenvalue weighted by molar-refractivity contribution is -0.00767. The zero-order valence-electron chi connectivity index (χ0n) is 7.95. The van der Waals surface area contributed by atoms with E-state index in [2.05, 4.69) is 6.92 Å². The highest BCUT2D eigenvalue weighted by Gasteiger charge is 2.20. The van der Waals surface area contributed by atoms with Gasteiger partial charge in [0, 0.05) is 12.5 Å². The Hall–Kier alpha value is -0.500. The number of hydrogen-bond donors (Lipinski definition) is 0. The van der Waals surface area contributed by atoms with Crippen LogP contribution in [0, 0.1) is 5.92 Å². The van der Waals surface area contributed by atoms with Crippen molar-refractivity contribution in [1.82, 2.24) is 0 Å². The van der Waals surface area contributed by atoms with Crippen LogP contribution in [0.4, 0.5) is 0 Å². The molecule has 1 aliphatic heterocycles. The van der Waals surface area contributed by atoms with Crippen molar-refractivity contribution in [3.63, 3.8) is 0 Å². The molecule has 2 atom stereocenters. The molecule has 1 saturated heterocycles. The summed E-state index contributed by atoms with van der Waals surface area (Å²) >= 11 is 0. The maximum Gasteiger partial charge on any atom is 0.1000 e. The molecular weight excluding hydrogens is 152 g/mol. The normalized spacial score (nSPS) is 27.3. The van der Waals surface area contributed by atoms with E-state index in [0.717, 1.165) is 13.2 Å². The smallest absolute Gasteiger partial charge is 0.1000 e. The highest BCUT2D eigenvalue weighted by atomic mass is 16.5. The molecule has 0 spiro atoms. The molecule has 0 N–H and O–H groups in total. The van der Waals surface area contributed by atoms with Crippen molar-refractivity contribution in [2.45, 2.75) is 32.8 Å². The van der Waals surface area contributed by atoms with Crippen LogP contribution in [0.5, 0.6) is 0 Å². The van der Waals surface area contributed by atoms with Crippen LogP contribution < -0.4 is 0 Å². The minimum Gasteiger partial charge on any atom is -0.498 e. The minimum absolute atomic E-state index is 0.293. The van der Waals surface area contributed by atoms with E-state index in [1.807, 2.05) is 13.0 Å². The van der Waals surface area contributed by atoms with Crippen LogP contribution in [-0.2, 0) is 9.47 Å². The number of rotatable bonds is 3. The third-order valence-corrected chi connectivity index (χ3v) is 2.29. The van der Waals surface area contributed by atoms with E-state index >= 15 is 0 Å². The fourth-order valence-electron chi connectivity index (χ4n) is 1.45. The lowest BCUT2D eigenvalue weighted by Crippen LogP contribution is -2.27. The van der Waals surface area contributed by atoms with Gasteiger partial charge in [-0.05, 0) is 26.7 Å². The molecule has 0 amide bonds. The fourth-order valence-corrected chi connectivity index (χ4v) is 1.45. The predicted octanol–water partition coefficient (Wildman–Crippen LogP) is 2.35. The van der Waals surface area contributed by atoms with Gasteiger partial charge in [0.05, 0.1) is 19.0 Å². The zero-order chi connectivity index (χ0) is 8.81. The average Bonchev–Trinajstić information content (AvgIpc) is 2.15. The summed E-state index contributed by atoms with van der Waals surface area (Å²) in [6.07, 6.45) is 6.38. The summed E-state index contributed by atoms with van der Waals surface area (Å²) < 4.78 is 10.8. The van der Waals surface area contributed by atoms with Crippen molar-refractivity contribution in [2.75, 3.05) is 13.2 Å². The van der Waals surface area contributed by atoms with Crippen molar-refractivity contribution in [3.8, 4) is 0 Å². The molecule has 0 radical (unpaired) electrons. The van der Waals surface area contributed by atoms with Gasteiger partial charge in [0.15, 0.2) is 0 Å². The molecule has 12 heavy (non-hydrogen) atoms. The summed E-state index contributed by atoms with van der Waals surface area (Å²) in [5.74, 6) is 0.579. The van der Waals surface area contributed by atoms with Gasteiger partial charge in [-0.2, -0.15) is 0 Å². The molecule has 2 unspecified atom stereocenters. The van der Waals surface area contributed by atoms with Crippen LogP contribution >= 0.6 is 0 Å². The number of hydrogen-bond acceptors (Lipinski definition) is 2. The van der Waals surface area contributed by atoms with Gasteiger partial charge in [-0.25, -0.2) is 0 Å². The van der Waals surface area contributed by atoms with Crippen molar-refractivity contribution in [2.24, 2.45) is 5.92 Å². The first-order valence-electron chi connectivity index (χ1n) is 4.69. The molecule has 0 bridgehead atoms. The van der Waals surface area contributed by atoms with Gasteiger partial charge in [0.2, 0.25) is 0 Å². The summed E-state index contributed by atoms with van der Waals surface area (Å²) in [6.45, 7) is 5.86. The standard InChI is InChI=1S/C10H18O2/c1-3-6-12-9(2)10-5-4-7-11-8-10/h3,6,9-10H,4-5,7-8H2,1-2H3/b6-3+. The Labute approximate surface area is 74.6 Å². The molecule has 1 heterocycles. The first-order valence-corrected chi connectivity index (χ1v) is 4.69. The van der Waals surface area contributed by atoms with E-state index in [4.69, 9.17) is 9.47 Å². The first kappa shape index (κ1) is 9.59. The molecule has 2 nitrogen and oxygen atoms in total. The fraction of sp³-hybridized carbons (Fsp3) is 0.800. The summed E-state index contributed by atoms with van der Waals surface area (Å²) in [5, 5.41) is 0. The number of ether oxygens (including phenoxy) is 2. The first-order chi connectivity index (χ1) is 5.84. The second kappa shape index (κ2) is 5.20. The maximum absolute atomic E-state index is 5.47. The van der Waals surface area contributed by atoms with Crippen LogP contribution in [0.25, 0.3) is 0 Å². The summed E-state index contributed by atoms with van der Waals surface area (Å²) in [4.78, 5) is 0. The van der Waals surface area contributed by atoms with Crippen LogP contribution in [-0.4, -0.2) is 19.3 Å². The molecule has 1 aliphatic rings. The van der Waals surface area contributed by atoms with E-state index in [9.17, 15) is 0 Å². The highest BCUT2D eigenvalue weighted by Crippen LogP contribution is 2.19. The van der Waals surface area contributed by atoms with E-state index in [-0.39, 0.29) is 0 Å². The Morgan fingerprint density at radius 1 is 1.58 bits per heavy atom. The zero-order valence-corrected chi connectivity index (χ0v) is 7.95. The number of allylic oxidation sites excluding steroid dienone is 1. The molecule has 70 valence electrons. The third-order valence-electron chi connectivity index (χ3n) is 2.29. The van der Waals surface area contributed by atoms with Crippen LogP contribution in [0.15, 0.2) is 12.3 Å². The van der Waals surface area contributed by atoms with Gasteiger partial charge in [-0.3, -0.25) is 0 Å². The van der Waals surface area contributed by atoms with Gasteiger partial charge in [0.25, 0.3) is 0 Å². The van der Waals surface area contributed by atoms with Crippen molar-refractivity contribution in [1.29, 1.82) is 0 Å². The predicted molar refractivity (Wildman–Crippen MR) is 48.9 cm³/mol. The monoisotopic (exact) mass is 170 g/mol. The van der Waals surface area contributed by atoms with Crippen molar-refractivity contribution >= 4 is 0 Å². The van der Waals surface area contributed by atoms with Crippen LogP contribution in [0.1, 0.15) is 26.7 Å². The molecule has 0 aromatic heterocycles. The van der Waals surface area contributed by atoms with Gasteiger partial charge < -0.3 is 9.47 Å². The molecule has 0 aromatic carbocycles. The molecular formula is C10H18O2. The highest BCUT2D eigenvalue weighted by molar-refractivity contribution is 4.74. The summed E-state index contributed by atoms with van der Waals surface area (Å²) in [6, 6.07) is 0. The summed E-state index contributed by atoms with van der Waals surface area (Å²) in [5.41, 5.74) is 0. The second-order valence-electron chi connectivity index (χ2n) is 3.29. The molecule has 1 fully saturated rings. The lowest BCUT2D eigenvalue weighted by atomic mass is 9.97. The third kappa shape index (κ3) is 2.86. The van der Waals surface area contributed by atoms with Crippen LogP contribution in [0.3, 0.4) is 0 Å². The Morgan fingerprint density at radius 3 is 3.00 bits per heavy atom. The van der Waals surface area contributed by atoms with Gasteiger partial charge >= 0.3 is 0 Å². The van der Waals surface area contributed by atoms with Crippen LogP contribution in [0.2, 0.25) is 0 Å². The van der Waals surface area contributed by atoms with Gasteiger partial charge in [-0.15, -0.1) is 0 Å². The van der Waals surface area contributed by atoms with E-state index in [1.54, 1.807) is 6.26 Å². The molecule has 0 aliphatic carbocycles. The van der Waals surface area contributed by atoms with Gasteiger partial charge in [0.1, 0.15) is 0 Å². The van der Waals surface area contributed by atoms with E-state index < -0.39 is 0 Å². The Kier molecular flexibility index (Phi) is 4.15. The van der Waals surface area contributed by atoms with Crippen molar-refractivity contribution < 1.29 is 9.47 Å². The summed E-state index contributed by atoms with van der Waals surface area (Å²) in [7, 11) is 0. The van der Waals surface area contributed by atoms with Gasteiger partial charge in [-0.1, -0.05) is 6.08 Å². The molecule has 0 aromatic rings. The Bertz CT molecular complexity index is 137. The quantitative estimate of drug-likeness (QED) is 0.605. The van der Waals surface area contributed by atoms with Crippen molar-refractivity contribution in [3.05, 3.63) is 12.3 Å². The Balaban J connectivity index is 2.24. The maximum atomic E-state index is 5.47. The SMILES string of the molecule is C/C=C/OC(C)C1CCCOC1. The second-order valence-corrected chi connectivity index (χ2v) is 3.29. The molecule has 2 heteroatoms. The van der Waals surface area contributed by atoms with E-state index in [1.165, 1.54) is 12.8 Å². The van der Waals surface area contributed by atoms with E-state index in [0.29, 0.717) is 12.0 Å². The largest absolute Gasteiger partial charge is 0.498 e. The average molecular weight is 170 g/mol.